The Morgan fingerprint density at radius 3 is 2.07 bits per heavy atom. The molecule has 8 aromatic rings. The fourth-order valence-corrected chi connectivity index (χ4v) is 5.96. The molecule has 0 unspecified atom stereocenters. The maximum Gasteiger partial charge on any atom is 0.248 e. The summed E-state index contributed by atoms with van der Waals surface area (Å²) in [5.41, 5.74) is 5.85. The minimum Gasteiger partial charge on any atom is -0.447 e. The number of benzene rings is 7. The molecule has 0 fully saturated rings. The highest BCUT2D eigenvalue weighted by molar-refractivity contribution is 6.14. The van der Waals surface area contributed by atoms with E-state index in [1.807, 2.05) is 42.5 Å². The van der Waals surface area contributed by atoms with E-state index < -0.39 is 0 Å². The Hall–Kier alpha value is -6.18. The molecule has 0 spiro atoms. The first-order valence-corrected chi connectivity index (χ1v) is 14.5. The molecule has 0 saturated heterocycles. The Bertz CT molecular complexity index is 2380. The van der Waals surface area contributed by atoms with Gasteiger partial charge in [-0.15, -0.1) is 0 Å². The van der Waals surface area contributed by atoms with E-state index in [9.17, 15) is 0 Å². The number of nitrogens with zero attached hydrogens (tertiary/aromatic N) is 3. The van der Waals surface area contributed by atoms with Gasteiger partial charge in [-0.3, -0.25) is 0 Å². The van der Waals surface area contributed by atoms with Gasteiger partial charge < -0.3 is 9.32 Å². The summed E-state index contributed by atoms with van der Waals surface area (Å²) in [5.74, 6) is 0.325. The molecule has 8 rings (SSSR count). The molecule has 0 bridgehead atoms. The summed E-state index contributed by atoms with van der Waals surface area (Å²) >= 11 is 0. The van der Waals surface area contributed by atoms with Crippen LogP contribution in [0.25, 0.3) is 60.0 Å². The van der Waals surface area contributed by atoms with Gasteiger partial charge in [-0.05, 0) is 81.0 Å². The minimum absolute atomic E-state index is 0.325. The normalized spacial score (nSPS) is 11.8. The molecule has 4 heteroatoms. The zero-order chi connectivity index (χ0) is 29.5. The average Bonchev–Trinajstić information content (AvgIpc) is 3.52. The fraction of sp³-hybridized carbons (Fsp3) is 0. The molecular weight excluding hydrogens is 538 g/mol. The van der Waals surface area contributed by atoms with E-state index in [4.69, 9.17) is 11.0 Å². The van der Waals surface area contributed by atoms with E-state index in [0.717, 1.165) is 28.1 Å². The van der Waals surface area contributed by atoms with Gasteiger partial charge in [0.25, 0.3) is 0 Å². The second kappa shape index (κ2) is 10.6. The van der Waals surface area contributed by atoms with E-state index in [2.05, 4.69) is 124 Å². The number of aromatic nitrogens is 1. The molecule has 4 nitrogen and oxygen atoms in total. The van der Waals surface area contributed by atoms with Gasteiger partial charge >= 0.3 is 0 Å². The largest absolute Gasteiger partial charge is 0.447 e. The third-order valence-corrected chi connectivity index (χ3v) is 8.07. The summed E-state index contributed by atoms with van der Waals surface area (Å²) in [5, 5.41) is 7.19. The van der Waals surface area contributed by atoms with Gasteiger partial charge in [0.05, 0.1) is 12.3 Å². The zero-order valence-corrected chi connectivity index (χ0v) is 23.7. The lowest BCUT2D eigenvalue weighted by Crippen LogP contribution is -2.10. The third-order valence-electron chi connectivity index (χ3n) is 8.07. The highest BCUT2D eigenvalue weighted by atomic mass is 16.3. The van der Waals surface area contributed by atoms with Gasteiger partial charge in [0.1, 0.15) is 5.52 Å². The number of anilines is 3. The maximum absolute atomic E-state index is 7.81. The monoisotopic (exact) mass is 563 g/mol. The van der Waals surface area contributed by atoms with E-state index in [1.165, 1.54) is 32.3 Å². The van der Waals surface area contributed by atoms with Crippen molar-refractivity contribution in [3.8, 4) is 0 Å². The van der Waals surface area contributed by atoms with Crippen molar-refractivity contribution < 1.29 is 4.42 Å². The molecule has 1 heterocycles. The SMILES string of the molecule is [C-]#[N+]/C(=C\c1ccc(N(c2ccc3ccccc3c2)c2cc3ccccc3c3ccccc23)cc1)c1nc2ccccc2o1. The Morgan fingerprint density at radius 1 is 0.614 bits per heavy atom. The van der Waals surface area contributed by atoms with Crippen LogP contribution in [0.4, 0.5) is 17.1 Å². The Balaban J connectivity index is 1.28. The second-order valence-corrected chi connectivity index (χ2v) is 10.7. The van der Waals surface area contributed by atoms with Crippen molar-refractivity contribution in [1.82, 2.24) is 4.98 Å². The summed E-state index contributed by atoms with van der Waals surface area (Å²) < 4.78 is 5.88. The molecule has 1 aromatic heterocycles. The van der Waals surface area contributed by atoms with Crippen LogP contribution in [0.3, 0.4) is 0 Å². The number of para-hydroxylation sites is 2. The number of fused-ring (bicyclic) bond motifs is 5. The summed E-state index contributed by atoms with van der Waals surface area (Å²) in [7, 11) is 0. The Morgan fingerprint density at radius 2 is 1.27 bits per heavy atom. The summed E-state index contributed by atoms with van der Waals surface area (Å²) in [4.78, 5) is 10.6. The number of rotatable bonds is 5. The van der Waals surface area contributed by atoms with Crippen LogP contribution in [0.1, 0.15) is 11.5 Å². The highest BCUT2D eigenvalue weighted by Crippen LogP contribution is 2.42. The van der Waals surface area contributed by atoms with Gasteiger partial charge in [-0.2, -0.15) is 0 Å². The molecule has 0 aliphatic carbocycles. The number of oxazole rings is 1. The standard InChI is InChI=1S/C40H25N3O/c1-41-37(40-42-36-16-8-9-17-39(36)44-40)24-27-18-21-31(22-19-27)43(32-23-20-28-10-2-3-11-29(28)25-32)38-26-30-12-4-5-13-33(30)34-14-6-7-15-35(34)38/h2-26H/b37-24-. The lowest BCUT2D eigenvalue weighted by molar-refractivity contribution is 0.586. The number of hydrogen-bond donors (Lipinski definition) is 0. The summed E-state index contributed by atoms with van der Waals surface area (Å²) in [6, 6.07) is 50.4. The highest BCUT2D eigenvalue weighted by Gasteiger charge is 2.18. The average molecular weight is 564 g/mol. The van der Waals surface area contributed by atoms with Crippen molar-refractivity contribution in [2.24, 2.45) is 0 Å². The molecule has 0 aliphatic rings. The first-order chi connectivity index (χ1) is 21.7. The molecule has 0 amide bonds. The first-order valence-electron chi connectivity index (χ1n) is 14.5. The van der Waals surface area contributed by atoms with Crippen molar-refractivity contribution in [3.63, 3.8) is 0 Å². The van der Waals surface area contributed by atoms with E-state index in [-0.39, 0.29) is 0 Å². The van der Waals surface area contributed by atoms with Crippen LogP contribution in [0.2, 0.25) is 0 Å². The predicted molar refractivity (Wildman–Crippen MR) is 182 cm³/mol. The van der Waals surface area contributed by atoms with Crippen LogP contribution in [0.5, 0.6) is 0 Å². The van der Waals surface area contributed by atoms with Crippen LogP contribution in [-0.4, -0.2) is 4.98 Å². The van der Waals surface area contributed by atoms with Crippen molar-refractivity contribution in [2.45, 2.75) is 0 Å². The fourth-order valence-electron chi connectivity index (χ4n) is 5.96. The van der Waals surface area contributed by atoms with Crippen LogP contribution >= 0.6 is 0 Å². The molecule has 7 aromatic carbocycles. The van der Waals surface area contributed by atoms with Crippen molar-refractivity contribution in [3.05, 3.63) is 168 Å². The Labute approximate surface area is 254 Å². The lowest BCUT2D eigenvalue weighted by Gasteiger charge is -2.28. The molecule has 0 atom stereocenters. The Kier molecular flexibility index (Phi) is 6.14. The van der Waals surface area contributed by atoms with Crippen LogP contribution in [0, 0.1) is 6.57 Å². The molecule has 0 N–H and O–H groups in total. The molecule has 44 heavy (non-hydrogen) atoms. The van der Waals surface area contributed by atoms with Crippen molar-refractivity contribution in [2.75, 3.05) is 4.90 Å². The van der Waals surface area contributed by atoms with Crippen molar-refractivity contribution >= 4 is 72.3 Å². The lowest BCUT2D eigenvalue weighted by atomic mass is 9.98. The molecule has 206 valence electrons. The molecule has 0 radical (unpaired) electrons. The quantitative estimate of drug-likeness (QED) is 0.154. The van der Waals surface area contributed by atoms with Gasteiger partial charge in [0.2, 0.25) is 11.6 Å². The van der Waals surface area contributed by atoms with Gasteiger partial charge in [0.15, 0.2) is 5.58 Å². The minimum atomic E-state index is 0.325. The summed E-state index contributed by atoms with van der Waals surface area (Å²) in [6.07, 6.45) is 1.83. The van der Waals surface area contributed by atoms with Gasteiger partial charge in [-0.1, -0.05) is 103 Å². The van der Waals surface area contributed by atoms with Crippen LogP contribution in [-0.2, 0) is 0 Å². The summed E-state index contributed by atoms with van der Waals surface area (Å²) in [6.45, 7) is 7.81. The second-order valence-electron chi connectivity index (χ2n) is 10.7. The zero-order valence-electron chi connectivity index (χ0n) is 23.7. The van der Waals surface area contributed by atoms with Crippen LogP contribution < -0.4 is 4.90 Å². The smallest absolute Gasteiger partial charge is 0.248 e. The predicted octanol–water partition coefficient (Wildman–Crippen LogP) is 11.2. The van der Waals surface area contributed by atoms with Gasteiger partial charge in [0, 0.05) is 16.8 Å². The first kappa shape index (κ1) is 25.5. The third kappa shape index (κ3) is 4.45. The molecule has 0 saturated carbocycles. The molecule has 0 aliphatic heterocycles. The molecular formula is C40H25N3O. The topological polar surface area (TPSA) is 33.6 Å². The van der Waals surface area contributed by atoms with E-state index >= 15 is 0 Å². The van der Waals surface area contributed by atoms with Crippen LogP contribution in [0.15, 0.2) is 150 Å². The van der Waals surface area contributed by atoms with Gasteiger partial charge in [-0.25, -0.2) is 9.83 Å². The number of hydrogen-bond acceptors (Lipinski definition) is 3. The maximum atomic E-state index is 7.81. The van der Waals surface area contributed by atoms with Crippen molar-refractivity contribution in [1.29, 1.82) is 0 Å². The van der Waals surface area contributed by atoms with E-state index in [0.29, 0.717) is 17.2 Å². The van der Waals surface area contributed by atoms with E-state index in [1.54, 1.807) is 0 Å².